The number of hydrogen-bond acceptors (Lipinski definition) is 2. The van der Waals surface area contributed by atoms with Crippen molar-refractivity contribution >= 4 is 28.9 Å². The lowest BCUT2D eigenvalue weighted by atomic mass is 10.0. The van der Waals surface area contributed by atoms with Crippen molar-refractivity contribution in [1.82, 2.24) is 9.88 Å². The molecule has 0 radical (unpaired) electrons. The molecule has 0 aliphatic heterocycles. The number of nitrogens with zero attached hydrogens (tertiary/aromatic N) is 1. The number of carbonyl (C=O) groups is 2. The van der Waals surface area contributed by atoms with Crippen LogP contribution in [0, 0.1) is 11.6 Å². The van der Waals surface area contributed by atoms with Crippen LogP contribution >= 0.6 is 0 Å². The topological polar surface area (TPSA) is 71.3 Å². The fraction of sp³-hybridized carbons (Fsp3) is 0.143. The summed E-state index contributed by atoms with van der Waals surface area (Å²) in [6.45, 7) is 0. The maximum absolute atomic E-state index is 13.6. The minimum Gasteiger partial charge on any atom is -0.480 e. The lowest BCUT2D eigenvalue weighted by Crippen LogP contribution is -2.41. The number of amides is 1. The smallest absolute Gasteiger partial charge is 0.326 e. The van der Waals surface area contributed by atoms with Crippen LogP contribution in [0.5, 0.6) is 0 Å². The Kier molecular flexibility index (Phi) is 5.54. The number of rotatable bonds is 6. The monoisotopic (exact) mass is 384 g/mol. The predicted octanol–water partition coefficient (Wildman–Crippen LogP) is 3.28. The summed E-state index contributed by atoms with van der Waals surface area (Å²) in [5.74, 6) is -3.58. The van der Waals surface area contributed by atoms with Gasteiger partial charge in [-0.05, 0) is 29.8 Å². The van der Waals surface area contributed by atoms with Gasteiger partial charge in [-0.25, -0.2) is 13.6 Å². The average molecular weight is 384 g/mol. The van der Waals surface area contributed by atoms with Gasteiger partial charge in [0.1, 0.15) is 17.7 Å². The number of halogens is 2. The van der Waals surface area contributed by atoms with Crippen molar-refractivity contribution in [3.8, 4) is 0 Å². The van der Waals surface area contributed by atoms with E-state index in [2.05, 4.69) is 5.32 Å². The van der Waals surface area contributed by atoms with Crippen LogP contribution in [0.4, 0.5) is 8.78 Å². The molecule has 1 amide bonds. The van der Waals surface area contributed by atoms with Gasteiger partial charge in [0.25, 0.3) is 0 Å². The summed E-state index contributed by atoms with van der Waals surface area (Å²) >= 11 is 0. The summed E-state index contributed by atoms with van der Waals surface area (Å²) in [7, 11) is 1.85. The van der Waals surface area contributed by atoms with Crippen molar-refractivity contribution in [2.24, 2.45) is 7.05 Å². The maximum atomic E-state index is 13.6. The second kappa shape index (κ2) is 8.04. The third kappa shape index (κ3) is 4.09. The van der Waals surface area contributed by atoms with E-state index in [1.807, 2.05) is 42.1 Å². The van der Waals surface area contributed by atoms with Crippen molar-refractivity contribution in [3.05, 3.63) is 77.5 Å². The van der Waals surface area contributed by atoms with Crippen molar-refractivity contribution in [2.45, 2.75) is 12.5 Å². The highest BCUT2D eigenvalue weighted by Crippen LogP contribution is 2.21. The van der Waals surface area contributed by atoms with Gasteiger partial charge < -0.3 is 15.0 Å². The molecule has 0 spiro atoms. The number of nitrogens with one attached hydrogen (secondary N) is 1. The third-order valence-electron chi connectivity index (χ3n) is 4.42. The lowest BCUT2D eigenvalue weighted by Gasteiger charge is -2.13. The van der Waals surface area contributed by atoms with Gasteiger partial charge in [0.05, 0.1) is 0 Å². The Labute approximate surface area is 159 Å². The van der Waals surface area contributed by atoms with Gasteiger partial charge in [0.15, 0.2) is 0 Å². The molecule has 3 aromatic rings. The second-order valence-corrected chi connectivity index (χ2v) is 6.35. The first-order chi connectivity index (χ1) is 13.4. The van der Waals surface area contributed by atoms with E-state index in [4.69, 9.17) is 0 Å². The molecule has 0 fully saturated rings. The van der Waals surface area contributed by atoms with Crippen LogP contribution in [0.2, 0.25) is 0 Å². The third-order valence-corrected chi connectivity index (χ3v) is 4.42. The number of aliphatic carboxylic acids is 1. The Bertz CT molecular complexity index is 1050. The summed E-state index contributed by atoms with van der Waals surface area (Å²) < 4.78 is 29.1. The molecule has 0 unspecified atom stereocenters. The Balaban J connectivity index is 1.77. The molecule has 1 heterocycles. The van der Waals surface area contributed by atoms with E-state index in [1.165, 1.54) is 6.07 Å². The minimum absolute atomic E-state index is 0.0737. The van der Waals surface area contributed by atoms with Crippen molar-refractivity contribution < 1.29 is 23.5 Å². The van der Waals surface area contributed by atoms with Crippen LogP contribution < -0.4 is 5.32 Å². The summed E-state index contributed by atoms with van der Waals surface area (Å²) in [6, 6.07) is 9.70. The second-order valence-electron chi connectivity index (χ2n) is 6.35. The number of aryl methyl sites for hydroxylation is 1. The van der Waals surface area contributed by atoms with Crippen LogP contribution in [-0.2, 0) is 23.1 Å². The molecule has 144 valence electrons. The number of carboxylic acid groups (broad SMARTS) is 1. The van der Waals surface area contributed by atoms with Crippen LogP contribution in [0.1, 0.15) is 11.1 Å². The van der Waals surface area contributed by atoms with Crippen molar-refractivity contribution in [2.75, 3.05) is 0 Å². The highest BCUT2D eigenvalue weighted by Gasteiger charge is 2.21. The van der Waals surface area contributed by atoms with E-state index in [-0.39, 0.29) is 12.0 Å². The Hall–Kier alpha value is -3.48. The number of fused-ring (bicyclic) bond motifs is 1. The SMILES string of the molecule is Cn1cc(C[C@H](NC(=O)/C=C/c2c(F)cccc2F)C(=O)O)c2ccccc21. The highest BCUT2D eigenvalue weighted by molar-refractivity contribution is 5.94. The van der Waals surface area contributed by atoms with Gasteiger partial charge in [-0.3, -0.25) is 4.79 Å². The summed E-state index contributed by atoms with van der Waals surface area (Å²) in [5.41, 5.74) is 1.36. The van der Waals surface area contributed by atoms with E-state index in [0.29, 0.717) is 0 Å². The molecule has 3 rings (SSSR count). The highest BCUT2D eigenvalue weighted by atomic mass is 19.1. The Morgan fingerprint density at radius 3 is 2.50 bits per heavy atom. The number of para-hydroxylation sites is 1. The van der Waals surface area contributed by atoms with E-state index in [0.717, 1.165) is 40.8 Å². The molecular weight excluding hydrogens is 366 g/mol. The molecule has 2 N–H and O–H groups in total. The minimum atomic E-state index is -1.20. The normalized spacial score (nSPS) is 12.4. The molecular formula is C21H18F2N2O3. The van der Waals surface area contributed by atoms with Gasteiger partial charge in [-0.1, -0.05) is 24.3 Å². The first-order valence-corrected chi connectivity index (χ1v) is 8.55. The maximum Gasteiger partial charge on any atom is 0.326 e. The molecule has 7 heteroatoms. The molecule has 0 saturated carbocycles. The first kappa shape index (κ1) is 19.3. The van der Waals surface area contributed by atoms with Crippen LogP contribution in [-0.4, -0.2) is 27.6 Å². The van der Waals surface area contributed by atoms with E-state index in [1.54, 1.807) is 0 Å². The van der Waals surface area contributed by atoms with E-state index >= 15 is 0 Å². The molecule has 0 aliphatic rings. The number of benzene rings is 2. The zero-order valence-electron chi connectivity index (χ0n) is 15.0. The standard InChI is InChI=1S/C21H18F2N2O3/c1-25-12-13(14-5-2-3-8-19(14)25)11-18(21(27)28)24-20(26)10-9-15-16(22)6-4-7-17(15)23/h2-10,12,18H,11H2,1H3,(H,24,26)(H,27,28)/b10-9+/t18-/m0/s1. The van der Waals surface area contributed by atoms with Gasteiger partial charge in [-0.15, -0.1) is 0 Å². The number of aromatic nitrogens is 1. The fourth-order valence-electron chi connectivity index (χ4n) is 3.06. The molecule has 2 aromatic carbocycles. The van der Waals surface area contributed by atoms with Gasteiger partial charge in [0.2, 0.25) is 5.91 Å². The Morgan fingerprint density at radius 2 is 1.82 bits per heavy atom. The molecule has 28 heavy (non-hydrogen) atoms. The van der Waals surface area contributed by atoms with Crippen LogP contribution in [0.15, 0.2) is 54.7 Å². The van der Waals surface area contributed by atoms with E-state index in [9.17, 15) is 23.5 Å². The first-order valence-electron chi connectivity index (χ1n) is 8.55. The number of carboxylic acids is 1. The zero-order valence-corrected chi connectivity index (χ0v) is 15.0. The largest absolute Gasteiger partial charge is 0.480 e. The molecule has 5 nitrogen and oxygen atoms in total. The predicted molar refractivity (Wildman–Crippen MR) is 102 cm³/mol. The Morgan fingerprint density at radius 1 is 1.14 bits per heavy atom. The summed E-state index contributed by atoms with van der Waals surface area (Å²) in [5, 5.41) is 12.7. The fourth-order valence-corrected chi connectivity index (χ4v) is 3.06. The van der Waals surface area contributed by atoms with Crippen LogP contribution in [0.3, 0.4) is 0 Å². The van der Waals surface area contributed by atoms with E-state index < -0.39 is 29.6 Å². The van der Waals surface area contributed by atoms with Gasteiger partial charge in [-0.2, -0.15) is 0 Å². The van der Waals surface area contributed by atoms with Crippen molar-refractivity contribution in [3.63, 3.8) is 0 Å². The quantitative estimate of drug-likeness (QED) is 0.641. The van der Waals surface area contributed by atoms with Crippen molar-refractivity contribution in [1.29, 1.82) is 0 Å². The molecule has 0 aliphatic carbocycles. The van der Waals surface area contributed by atoms with Gasteiger partial charge >= 0.3 is 5.97 Å². The van der Waals surface area contributed by atoms with Gasteiger partial charge in [0, 0.05) is 42.2 Å². The summed E-state index contributed by atoms with van der Waals surface area (Å²) in [4.78, 5) is 23.7. The molecule has 0 saturated heterocycles. The summed E-state index contributed by atoms with van der Waals surface area (Å²) in [6.07, 6.45) is 3.79. The molecule has 0 bridgehead atoms. The number of hydrogen-bond donors (Lipinski definition) is 2. The number of carbonyl (C=O) groups excluding carboxylic acids is 1. The van der Waals surface area contributed by atoms with Crippen LogP contribution in [0.25, 0.3) is 17.0 Å². The lowest BCUT2D eigenvalue weighted by molar-refractivity contribution is -0.141. The zero-order chi connectivity index (χ0) is 20.3. The molecule has 1 atom stereocenters. The molecule has 1 aromatic heterocycles. The average Bonchev–Trinajstić information content (AvgIpc) is 2.97.